The van der Waals surface area contributed by atoms with Crippen molar-refractivity contribution in [3.05, 3.63) is 50.4 Å². The van der Waals surface area contributed by atoms with Crippen molar-refractivity contribution >= 4 is 43.2 Å². The smallest absolute Gasteiger partial charge is 0.130 e. The van der Waals surface area contributed by atoms with Crippen LogP contribution in [0.2, 0.25) is 0 Å². The summed E-state index contributed by atoms with van der Waals surface area (Å²) in [7, 11) is 0. The van der Waals surface area contributed by atoms with Crippen LogP contribution < -0.4 is 5.32 Å². The molecule has 4 heteroatoms. The van der Waals surface area contributed by atoms with E-state index in [-0.39, 0.29) is 5.75 Å². The molecule has 0 aliphatic carbocycles. The molecule has 0 spiro atoms. The van der Waals surface area contributed by atoms with Crippen LogP contribution in [0.5, 0.6) is 5.75 Å². The third kappa shape index (κ3) is 1.85. The Morgan fingerprint density at radius 2 is 1.82 bits per heavy atom. The Morgan fingerprint density at radius 3 is 2.65 bits per heavy atom. The van der Waals surface area contributed by atoms with Crippen LogP contribution in [-0.4, -0.2) is 5.11 Å². The third-order valence-electron chi connectivity index (χ3n) is 2.93. The average molecular weight is 355 g/mol. The minimum atomic E-state index is 0.281. The average Bonchev–Trinajstić information content (AvgIpc) is 2.32. The highest BCUT2D eigenvalue weighted by Crippen LogP contribution is 2.41. The normalized spacial score (nSPS) is 12.6. The number of anilines is 2. The van der Waals surface area contributed by atoms with Gasteiger partial charge in [-0.2, -0.15) is 0 Å². The molecule has 17 heavy (non-hydrogen) atoms. The highest BCUT2D eigenvalue weighted by atomic mass is 79.9. The molecule has 1 heterocycles. The number of halogens is 2. The second kappa shape index (κ2) is 4.03. The molecule has 0 unspecified atom stereocenters. The quantitative estimate of drug-likeness (QED) is 0.580. The second-order valence-electron chi connectivity index (χ2n) is 4.03. The standard InChI is InChI=1S/C13H9Br2NO/c14-8-1-2-10-7(5-8)6-9-11(16-10)3-4-12(17)13(9)15/h1-5,16-17H,6H2. The van der Waals surface area contributed by atoms with Crippen molar-refractivity contribution in [2.45, 2.75) is 6.42 Å². The molecule has 0 fully saturated rings. The zero-order valence-corrected chi connectivity index (χ0v) is 12.0. The lowest BCUT2D eigenvalue weighted by molar-refractivity contribution is 0.471. The van der Waals surface area contributed by atoms with Gasteiger partial charge in [-0.05, 0) is 57.4 Å². The molecule has 1 aliphatic heterocycles. The molecule has 0 saturated carbocycles. The lowest BCUT2D eigenvalue weighted by Crippen LogP contribution is -2.07. The summed E-state index contributed by atoms with van der Waals surface area (Å²) < 4.78 is 1.84. The Hall–Kier alpha value is -1.00. The minimum absolute atomic E-state index is 0.281. The third-order valence-corrected chi connectivity index (χ3v) is 4.30. The summed E-state index contributed by atoms with van der Waals surface area (Å²) in [4.78, 5) is 0. The van der Waals surface area contributed by atoms with Gasteiger partial charge in [-0.15, -0.1) is 0 Å². The van der Waals surface area contributed by atoms with E-state index in [1.54, 1.807) is 6.07 Å². The maximum absolute atomic E-state index is 9.69. The maximum Gasteiger partial charge on any atom is 0.130 e. The fourth-order valence-corrected chi connectivity index (χ4v) is 2.96. The second-order valence-corrected chi connectivity index (χ2v) is 5.74. The molecule has 0 bridgehead atoms. The van der Waals surface area contributed by atoms with Crippen LogP contribution >= 0.6 is 31.9 Å². The fourth-order valence-electron chi connectivity index (χ4n) is 2.06. The molecule has 0 saturated heterocycles. The van der Waals surface area contributed by atoms with Gasteiger partial charge >= 0.3 is 0 Å². The molecule has 0 aromatic heterocycles. The molecule has 1 aliphatic rings. The zero-order valence-electron chi connectivity index (χ0n) is 8.80. The number of fused-ring (bicyclic) bond motifs is 2. The largest absolute Gasteiger partial charge is 0.507 e. The van der Waals surface area contributed by atoms with E-state index in [1.807, 2.05) is 12.1 Å². The van der Waals surface area contributed by atoms with E-state index in [0.29, 0.717) is 0 Å². The molecule has 2 aromatic rings. The predicted molar refractivity (Wildman–Crippen MR) is 76.0 cm³/mol. The zero-order chi connectivity index (χ0) is 12.0. The van der Waals surface area contributed by atoms with Gasteiger partial charge in [0.15, 0.2) is 0 Å². The number of benzene rings is 2. The topological polar surface area (TPSA) is 32.3 Å². The Morgan fingerprint density at radius 1 is 1.06 bits per heavy atom. The van der Waals surface area contributed by atoms with E-state index < -0.39 is 0 Å². The van der Waals surface area contributed by atoms with E-state index >= 15 is 0 Å². The highest BCUT2D eigenvalue weighted by molar-refractivity contribution is 9.10. The number of hydrogen-bond acceptors (Lipinski definition) is 2. The van der Waals surface area contributed by atoms with Crippen LogP contribution in [0.15, 0.2) is 39.3 Å². The summed E-state index contributed by atoms with van der Waals surface area (Å²) in [5, 5.41) is 13.1. The van der Waals surface area contributed by atoms with Gasteiger partial charge in [-0.25, -0.2) is 0 Å². The van der Waals surface area contributed by atoms with E-state index in [2.05, 4.69) is 49.3 Å². The minimum Gasteiger partial charge on any atom is -0.507 e. The summed E-state index contributed by atoms with van der Waals surface area (Å²) in [5.41, 5.74) is 4.48. The van der Waals surface area contributed by atoms with Crippen molar-refractivity contribution < 1.29 is 5.11 Å². The lowest BCUT2D eigenvalue weighted by atomic mass is 9.97. The van der Waals surface area contributed by atoms with Gasteiger partial charge < -0.3 is 10.4 Å². The molecule has 2 aromatic carbocycles. The number of rotatable bonds is 0. The highest BCUT2D eigenvalue weighted by Gasteiger charge is 2.18. The van der Waals surface area contributed by atoms with E-state index in [1.165, 1.54) is 5.56 Å². The number of nitrogens with one attached hydrogen (secondary N) is 1. The van der Waals surface area contributed by atoms with Crippen molar-refractivity contribution in [3.8, 4) is 5.75 Å². The number of hydrogen-bond donors (Lipinski definition) is 2. The van der Waals surface area contributed by atoms with Crippen LogP contribution in [0.4, 0.5) is 11.4 Å². The Labute approximate surface area is 116 Å². The van der Waals surface area contributed by atoms with E-state index in [9.17, 15) is 5.11 Å². The summed E-state index contributed by atoms with van der Waals surface area (Å²) in [5.74, 6) is 0.281. The van der Waals surface area contributed by atoms with Crippen molar-refractivity contribution in [3.63, 3.8) is 0 Å². The molecule has 0 amide bonds. The predicted octanol–water partition coefficient (Wildman–Crippen LogP) is 4.57. The molecule has 2 nitrogen and oxygen atoms in total. The number of phenolic OH excluding ortho intramolecular Hbond substituents is 1. The SMILES string of the molecule is Oc1ccc2c(c1Br)Cc1cc(Br)ccc1N2. The molecule has 86 valence electrons. The first-order valence-electron chi connectivity index (χ1n) is 5.21. The monoisotopic (exact) mass is 353 g/mol. The summed E-state index contributed by atoms with van der Waals surface area (Å²) in [6.45, 7) is 0. The van der Waals surface area contributed by atoms with Gasteiger partial charge in [0.25, 0.3) is 0 Å². The number of phenols is 1. The van der Waals surface area contributed by atoms with E-state index in [4.69, 9.17) is 0 Å². The maximum atomic E-state index is 9.69. The van der Waals surface area contributed by atoms with Crippen LogP contribution in [-0.2, 0) is 6.42 Å². The van der Waals surface area contributed by atoms with Crippen molar-refractivity contribution in [2.75, 3.05) is 5.32 Å². The Balaban J connectivity index is 2.14. The molecule has 3 rings (SSSR count). The first kappa shape index (κ1) is 11.1. The van der Waals surface area contributed by atoms with Crippen LogP contribution in [0, 0.1) is 0 Å². The molecule has 0 radical (unpaired) electrons. The molecular formula is C13H9Br2NO. The van der Waals surface area contributed by atoms with E-state index in [0.717, 1.165) is 32.3 Å². The fraction of sp³-hybridized carbons (Fsp3) is 0.0769. The number of aromatic hydroxyl groups is 1. The van der Waals surface area contributed by atoms with Gasteiger partial charge in [-0.3, -0.25) is 0 Å². The van der Waals surface area contributed by atoms with Crippen LogP contribution in [0.1, 0.15) is 11.1 Å². The van der Waals surface area contributed by atoms with Crippen molar-refractivity contribution in [1.29, 1.82) is 0 Å². The summed E-state index contributed by atoms with van der Waals surface area (Å²) in [6, 6.07) is 9.78. The summed E-state index contributed by atoms with van der Waals surface area (Å²) >= 11 is 6.91. The van der Waals surface area contributed by atoms with Gasteiger partial charge in [0.1, 0.15) is 5.75 Å². The lowest BCUT2D eigenvalue weighted by Gasteiger charge is -2.23. The first-order valence-corrected chi connectivity index (χ1v) is 6.79. The van der Waals surface area contributed by atoms with Gasteiger partial charge in [0.2, 0.25) is 0 Å². The van der Waals surface area contributed by atoms with Gasteiger partial charge in [0, 0.05) is 22.3 Å². The van der Waals surface area contributed by atoms with Crippen LogP contribution in [0.25, 0.3) is 0 Å². The van der Waals surface area contributed by atoms with Gasteiger partial charge in [-0.1, -0.05) is 15.9 Å². The molecule has 2 N–H and O–H groups in total. The van der Waals surface area contributed by atoms with Gasteiger partial charge in [0.05, 0.1) is 4.47 Å². The van der Waals surface area contributed by atoms with Crippen molar-refractivity contribution in [1.82, 2.24) is 0 Å². The first-order chi connectivity index (χ1) is 8.15. The Kier molecular flexibility index (Phi) is 2.64. The molecular weight excluding hydrogens is 346 g/mol. The van der Waals surface area contributed by atoms with Crippen molar-refractivity contribution in [2.24, 2.45) is 0 Å². The summed E-state index contributed by atoms with van der Waals surface area (Å²) in [6.07, 6.45) is 0.812. The Bertz CT molecular complexity index is 611. The van der Waals surface area contributed by atoms with Crippen LogP contribution in [0.3, 0.4) is 0 Å². The molecule has 0 atom stereocenters.